The lowest BCUT2D eigenvalue weighted by Gasteiger charge is -2.26. The third-order valence-corrected chi connectivity index (χ3v) is 3.24. The molecule has 0 aliphatic heterocycles. The number of halogens is 3. The van der Waals surface area contributed by atoms with E-state index in [1.165, 1.54) is 13.1 Å². The number of amides is 1. The van der Waals surface area contributed by atoms with Crippen molar-refractivity contribution in [2.45, 2.75) is 51.7 Å². The van der Waals surface area contributed by atoms with E-state index < -0.39 is 30.1 Å². The highest BCUT2D eigenvalue weighted by molar-refractivity contribution is 9.10. The summed E-state index contributed by atoms with van der Waals surface area (Å²) < 4.78 is 38.9. The maximum atomic E-state index is 14.0. The minimum Gasteiger partial charge on any atom is -0.477 e. The number of carbonyl (C=O) groups excluding carboxylic acids is 1. The fourth-order valence-electron chi connectivity index (χ4n) is 1.56. The number of ether oxygens (including phenoxy) is 2. The molecule has 0 fully saturated rings. The molecule has 1 rings (SSSR count). The fourth-order valence-corrected chi connectivity index (χ4v) is 1.88. The standard InChI is InChI=1S/C15H21BrF2N2O3/c1-10(20-13(21)23-14(2,3)4)15(17,18)6-8-22-12-9-11(16)5-7-19-12/h5,7,9-10H,6,8H2,1-4H3,(H,20,21)/t10-/m0/s1. The molecule has 0 bridgehead atoms. The topological polar surface area (TPSA) is 60.5 Å². The summed E-state index contributed by atoms with van der Waals surface area (Å²) in [5.41, 5.74) is -0.742. The molecule has 1 aromatic heterocycles. The van der Waals surface area contributed by atoms with Crippen LogP contribution in [0.4, 0.5) is 13.6 Å². The number of aromatic nitrogens is 1. The van der Waals surface area contributed by atoms with Crippen molar-refractivity contribution in [3.63, 3.8) is 0 Å². The van der Waals surface area contributed by atoms with Gasteiger partial charge < -0.3 is 14.8 Å². The second-order valence-electron chi connectivity index (χ2n) is 6.04. The Bertz CT molecular complexity index is 536. The molecule has 1 heterocycles. The van der Waals surface area contributed by atoms with Gasteiger partial charge in [-0.1, -0.05) is 15.9 Å². The van der Waals surface area contributed by atoms with E-state index in [0.29, 0.717) is 0 Å². The first kappa shape index (κ1) is 19.6. The van der Waals surface area contributed by atoms with Crippen LogP contribution in [0, 0.1) is 0 Å². The number of nitrogens with one attached hydrogen (secondary N) is 1. The van der Waals surface area contributed by atoms with Gasteiger partial charge in [-0.15, -0.1) is 0 Å². The summed E-state index contributed by atoms with van der Waals surface area (Å²) >= 11 is 3.24. The van der Waals surface area contributed by atoms with Crippen molar-refractivity contribution in [1.29, 1.82) is 0 Å². The molecule has 1 aromatic rings. The summed E-state index contributed by atoms with van der Waals surface area (Å²) in [6.45, 7) is 5.98. The predicted octanol–water partition coefficient (Wildman–Crippen LogP) is 4.16. The first-order valence-electron chi connectivity index (χ1n) is 7.11. The van der Waals surface area contributed by atoms with Crippen molar-refractivity contribution in [3.8, 4) is 5.88 Å². The maximum Gasteiger partial charge on any atom is 0.408 e. The van der Waals surface area contributed by atoms with Gasteiger partial charge in [0.25, 0.3) is 5.92 Å². The van der Waals surface area contributed by atoms with E-state index in [1.807, 2.05) is 0 Å². The average molecular weight is 395 g/mol. The van der Waals surface area contributed by atoms with Gasteiger partial charge in [0, 0.05) is 23.2 Å². The predicted molar refractivity (Wildman–Crippen MR) is 85.8 cm³/mol. The summed E-state index contributed by atoms with van der Waals surface area (Å²) in [5, 5.41) is 2.14. The lowest BCUT2D eigenvalue weighted by molar-refractivity contribution is -0.0505. The van der Waals surface area contributed by atoms with Crippen LogP contribution in [0.25, 0.3) is 0 Å². The molecule has 130 valence electrons. The van der Waals surface area contributed by atoms with E-state index in [1.54, 1.807) is 32.9 Å². The van der Waals surface area contributed by atoms with Crippen LogP contribution >= 0.6 is 15.9 Å². The average Bonchev–Trinajstić information content (AvgIpc) is 2.36. The third kappa shape index (κ3) is 7.58. The molecule has 1 amide bonds. The van der Waals surface area contributed by atoms with E-state index in [-0.39, 0.29) is 12.5 Å². The molecule has 0 saturated carbocycles. The summed E-state index contributed by atoms with van der Waals surface area (Å²) in [6, 6.07) is 1.91. The second kappa shape index (κ2) is 7.90. The van der Waals surface area contributed by atoms with Crippen LogP contribution < -0.4 is 10.1 Å². The molecular formula is C15H21BrF2N2O3. The van der Waals surface area contributed by atoms with Crippen LogP contribution in [-0.4, -0.2) is 35.2 Å². The van der Waals surface area contributed by atoms with Crippen LogP contribution in [-0.2, 0) is 4.74 Å². The highest BCUT2D eigenvalue weighted by Gasteiger charge is 2.38. The fraction of sp³-hybridized carbons (Fsp3) is 0.600. The van der Waals surface area contributed by atoms with Gasteiger partial charge in [0.05, 0.1) is 12.6 Å². The van der Waals surface area contributed by atoms with E-state index in [0.717, 1.165) is 4.47 Å². The van der Waals surface area contributed by atoms with Crippen LogP contribution in [0.3, 0.4) is 0 Å². The summed E-state index contributed by atoms with van der Waals surface area (Å²) in [4.78, 5) is 15.4. The van der Waals surface area contributed by atoms with Gasteiger partial charge in [0.15, 0.2) is 0 Å². The van der Waals surface area contributed by atoms with Gasteiger partial charge in [0.1, 0.15) is 5.60 Å². The second-order valence-corrected chi connectivity index (χ2v) is 6.96. The maximum absolute atomic E-state index is 14.0. The number of hydrogen-bond acceptors (Lipinski definition) is 4. The Kier molecular flexibility index (Phi) is 6.73. The zero-order chi connectivity index (χ0) is 17.7. The quantitative estimate of drug-likeness (QED) is 0.786. The van der Waals surface area contributed by atoms with Crippen LogP contribution in [0.5, 0.6) is 5.88 Å². The Labute approximate surface area is 142 Å². The Hall–Kier alpha value is -1.44. The number of pyridine rings is 1. The number of alkyl halides is 2. The zero-order valence-electron chi connectivity index (χ0n) is 13.5. The first-order valence-corrected chi connectivity index (χ1v) is 7.90. The number of alkyl carbamates (subject to hydrolysis) is 1. The molecule has 0 radical (unpaired) electrons. The summed E-state index contributed by atoms with van der Waals surface area (Å²) in [5.74, 6) is -2.88. The number of nitrogens with zero attached hydrogens (tertiary/aromatic N) is 1. The molecular weight excluding hydrogens is 374 g/mol. The molecule has 0 aliphatic rings. The van der Waals surface area contributed by atoms with Crippen molar-refractivity contribution in [3.05, 3.63) is 22.8 Å². The molecule has 5 nitrogen and oxygen atoms in total. The van der Waals surface area contributed by atoms with Gasteiger partial charge in [0.2, 0.25) is 5.88 Å². The monoisotopic (exact) mass is 394 g/mol. The van der Waals surface area contributed by atoms with Gasteiger partial charge >= 0.3 is 6.09 Å². The molecule has 23 heavy (non-hydrogen) atoms. The summed E-state index contributed by atoms with van der Waals surface area (Å²) in [7, 11) is 0. The number of hydrogen-bond donors (Lipinski definition) is 1. The van der Waals surface area contributed by atoms with Crippen molar-refractivity contribution >= 4 is 22.0 Å². The van der Waals surface area contributed by atoms with Crippen molar-refractivity contribution < 1.29 is 23.0 Å². The molecule has 1 N–H and O–H groups in total. The molecule has 0 aliphatic carbocycles. The highest BCUT2D eigenvalue weighted by atomic mass is 79.9. The smallest absolute Gasteiger partial charge is 0.408 e. The lowest BCUT2D eigenvalue weighted by Crippen LogP contribution is -2.47. The third-order valence-electron chi connectivity index (χ3n) is 2.75. The lowest BCUT2D eigenvalue weighted by atomic mass is 10.1. The number of carbonyl (C=O) groups is 1. The Balaban J connectivity index is 2.46. The van der Waals surface area contributed by atoms with E-state index in [4.69, 9.17) is 9.47 Å². The molecule has 0 unspecified atom stereocenters. The molecule has 0 aromatic carbocycles. The highest BCUT2D eigenvalue weighted by Crippen LogP contribution is 2.24. The van der Waals surface area contributed by atoms with Gasteiger partial charge in [-0.05, 0) is 33.8 Å². The molecule has 0 saturated heterocycles. The largest absolute Gasteiger partial charge is 0.477 e. The van der Waals surface area contributed by atoms with Crippen molar-refractivity contribution in [2.75, 3.05) is 6.61 Å². The molecule has 0 spiro atoms. The molecule has 1 atom stereocenters. The van der Waals surface area contributed by atoms with Crippen LogP contribution in [0.1, 0.15) is 34.1 Å². The van der Waals surface area contributed by atoms with Crippen LogP contribution in [0.15, 0.2) is 22.8 Å². The van der Waals surface area contributed by atoms with Gasteiger partial charge in [-0.3, -0.25) is 0 Å². The van der Waals surface area contributed by atoms with Crippen LogP contribution in [0.2, 0.25) is 0 Å². The van der Waals surface area contributed by atoms with E-state index >= 15 is 0 Å². The van der Waals surface area contributed by atoms with E-state index in [9.17, 15) is 13.6 Å². The molecule has 8 heteroatoms. The SMILES string of the molecule is C[C@H](NC(=O)OC(C)(C)C)C(F)(F)CCOc1cc(Br)ccn1. The Morgan fingerprint density at radius 2 is 2.09 bits per heavy atom. The minimum atomic E-state index is -3.14. The normalized spacial score (nSPS) is 13.3. The first-order chi connectivity index (χ1) is 10.5. The van der Waals surface area contributed by atoms with E-state index in [2.05, 4.69) is 26.2 Å². The Morgan fingerprint density at radius 3 is 2.65 bits per heavy atom. The van der Waals surface area contributed by atoms with Crippen molar-refractivity contribution in [1.82, 2.24) is 10.3 Å². The minimum absolute atomic E-state index is 0.225. The number of rotatable bonds is 6. The van der Waals surface area contributed by atoms with Gasteiger partial charge in [-0.2, -0.15) is 0 Å². The van der Waals surface area contributed by atoms with Crippen molar-refractivity contribution in [2.24, 2.45) is 0 Å². The van der Waals surface area contributed by atoms with Gasteiger partial charge in [-0.25, -0.2) is 18.6 Å². The Morgan fingerprint density at radius 1 is 1.43 bits per heavy atom. The summed E-state index contributed by atoms with van der Waals surface area (Å²) in [6.07, 6.45) is 0.0711. The zero-order valence-corrected chi connectivity index (χ0v) is 15.1.